The quantitative estimate of drug-likeness (QED) is 0.329. The summed E-state index contributed by atoms with van der Waals surface area (Å²) in [5, 5.41) is 0. The smallest absolute Gasteiger partial charge is 0.127 e. The Kier molecular flexibility index (Phi) is 6.31. The Morgan fingerprint density at radius 1 is 0.375 bits per heavy atom. The molecule has 0 unspecified atom stereocenters. The standard InChI is InChI=1S/C28H26O4/c1-29-22-11-5-19(6-12-22)25-17-18-26(32-4)28(21-9-15-24(31-3)16-10-21)27(25)20-7-13-23(30-2)14-8-20/h5-18H,1-4H3. The Labute approximate surface area is 189 Å². The summed E-state index contributed by atoms with van der Waals surface area (Å²) in [5.74, 6) is 3.25. The zero-order chi connectivity index (χ0) is 22.5. The van der Waals surface area contributed by atoms with E-state index in [2.05, 4.69) is 42.5 Å². The molecule has 4 aromatic carbocycles. The van der Waals surface area contributed by atoms with Gasteiger partial charge in [-0.15, -0.1) is 0 Å². The summed E-state index contributed by atoms with van der Waals surface area (Å²) in [6.07, 6.45) is 0. The first-order valence-electron chi connectivity index (χ1n) is 10.3. The lowest BCUT2D eigenvalue weighted by molar-refractivity contribution is 0.414. The summed E-state index contributed by atoms with van der Waals surface area (Å²) < 4.78 is 21.9. The van der Waals surface area contributed by atoms with Gasteiger partial charge in [0.2, 0.25) is 0 Å². The maximum atomic E-state index is 5.81. The van der Waals surface area contributed by atoms with Gasteiger partial charge in [-0.05, 0) is 64.7 Å². The van der Waals surface area contributed by atoms with Crippen molar-refractivity contribution < 1.29 is 18.9 Å². The van der Waals surface area contributed by atoms with Crippen LogP contribution in [0.2, 0.25) is 0 Å². The molecule has 0 spiro atoms. The van der Waals surface area contributed by atoms with Gasteiger partial charge < -0.3 is 18.9 Å². The van der Waals surface area contributed by atoms with Crippen LogP contribution in [0.3, 0.4) is 0 Å². The summed E-state index contributed by atoms with van der Waals surface area (Å²) in [7, 11) is 6.72. The molecule has 0 bridgehead atoms. The van der Waals surface area contributed by atoms with Crippen molar-refractivity contribution >= 4 is 0 Å². The Morgan fingerprint density at radius 2 is 0.781 bits per heavy atom. The highest BCUT2D eigenvalue weighted by Gasteiger charge is 2.19. The Balaban J connectivity index is 2.00. The van der Waals surface area contributed by atoms with Gasteiger partial charge in [0.05, 0.1) is 28.4 Å². The van der Waals surface area contributed by atoms with Crippen LogP contribution in [-0.2, 0) is 0 Å². The fourth-order valence-corrected chi connectivity index (χ4v) is 3.87. The summed E-state index contributed by atoms with van der Waals surface area (Å²) >= 11 is 0. The minimum absolute atomic E-state index is 0.804. The third-order valence-electron chi connectivity index (χ3n) is 5.55. The SMILES string of the molecule is COc1ccc(-c2ccc(OC)c(-c3ccc(OC)cc3)c2-c2ccc(OC)cc2)cc1. The molecule has 162 valence electrons. The maximum absolute atomic E-state index is 5.81. The van der Waals surface area contributed by atoms with Gasteiger partial charge in [-0.3, -0.25) is 0 Å². The topological polar surface area (TPSA) is 36.9 Å². The molecule has 0 fully saturated rings. The van der Waals surface area contributed by atoms with Crippen molar-refractivity contribution in [2.45, 2.75) is 0 Å². The molecule has 0 aliphatic rings. The van der Waals surface area contributed by atoms with Crippen molar-refractivity contribution in [1.29, 1.82) is 0 Å². The molecule has 0 aliphatic carbocycles. The van der Waals surface area contributed by atoms with Gasteiger partial charge in [-0.25, -0.2) is 0 Å². The minimum Gasteiger partial charge on any atom is -0.497 e. The molecule has 0 aliphatic heterocycles. The van der Waals surface area contributed by atoms with Gasteiger partial charge in [-0.1, -0.05) is 42.5 Å². The van der Waals surface area contributed by atoms with Crippen molar-refractivity contribution in [1.82, 2.24) is 0 Å². The highest BCUT2D eigenvalue weighted by atomic mass is 16.5. The van der Waals surface area contributed by atoms with Crippen LogP contribution < -0.4 is 18.9 Å². The zero-order valence-electron chi connectivity index (χ0n) is 18.7. The van der Waals surface area contributed by atoms with Gasteiger partial charge in [0.15, 0.2) is 0 Å². The largest absolute Gasteiger partial charge is 0.497 e. The van der Waals surface area contributed by atoms with Crippen molar-refractivity contribution in [3.8, 4) is 56.4 Å². The number of methoxy groups -OCH3 is 4. The second kappa shape index (κ2) is 9.48. The first-order chi connectivity index (χ1) is 15.7. The van der Waals surface area contributed by atoms with E-state index in [1.807, 2.05) is 42.5 Å². The Hall–Kier alpha value is -3.92. The van der Waals surface area contributed by atoms with Crippen LogP contribution in [0.25, 0.3) is 33.4 Å². The van der Waals surface area contributed by atoms with Gasteiger partial charge in [0, 0.05) is 11.1 Å². The summed E-state index contributed by atoms with van der Waals surface area (Å²) in [5.41, 5.74) is 6.42. The number of rotatable bonds is 7. The lowest BCUT2D eigenvalue weighted by Gasteiger charge is -2.20. The van der Waals surface area contributed by atoms with E-state index in [-0.39, 0.29) is 0 Å². The molecule has 4 nitrogen and oxygen atoms in total. The third kappa shape index (κ3) is 4.12. The molecule has 0 atom stereocenters. The zero-order valence-corrected chi connectivity index (χ0v) is 18.7. The number of ether oxygens (including phenoxy) is 4. The molecule has 0 saturated heterocycles. The van der Waals surface area contributed by atoms with Gasteiger partial charge in [-0.2, -0.15) is 0 Å². The summed E-state index contributed by atoms with van der Waals surface area (Å²) in [6, 6.07) is 28.4. The van der Waals surface area contributed by atoms with Crippen molar-refractivity contribution in [3.05, 3.63) is 84.9 Å². The minimum atomic E-state index is 0.804. The van der Waals surface area contributed by atoms with E-state index in [9.17, 15) is 0 Å². The van der Waals surface area contributed by atoms with Crippen molar-refractivity contribution in [2.24, 2.45) is 0 Å². The van der Waals surface area contributed by atoms with E-state index in [4.69, 9.17) is 18.9 Å². The van der Waals surface area contributed by atoms with Crippen molar-refractivity contribution in [3.63, 3.8) is 0 Å². The summed E-state index contributed by atoms with van der Waals surface area (Å²) in [6.45, 7) is 0. The van der Waals surface area contributed by atoms with E-state index in [0.29, 0.717) is 0 Å². The summed E-state index contributed by atoms with van der Waals surface area (Å²) in [4.78, 5) is 0. The van der Waals surface area contributed by atoms with Crippen LogP contribution in [0.4, 0.5) is 0 Å². The fraction of sp³-hybridized carbons (Fsp3) is 0.143. The number of hydrogen-bond acceptors (Lipinski definition) is 4. The van der Waals surface area contributed by atoms with E-state index in [1.54, 1.807) is 28.4 Å². The van der Waals surface area contributed by atoms with Crippen LogP contribution in [0, 0.1) is 0 Å². The molecule has 0 heterocycles. The Morgan fingerprint density at radius 3 is 1.19 bits per heavy atom. The third-order valence-corrected chi connectivity index (χ3v) is 5.55. The Bertz CT molecular complexity index is 1180. The average molecular weight is 427 g/mol. The molecule has 32 heavy (non-hydrogen) atoms. The molecule has 0 radical (unpaired) electrons. The van der Waals surface area contributed by atoms with E-state index < -0.39 is 0 Å². The van der Waals surface area contributed by atoms with Gasteiger partial charge in [0.1, 0.15) is 23.0 Å². The number of benzene rings is 4. The predicted molar refractivity (Wildman–Crippen MR) is 129 cm³/mol. The van der Waals surface area contributed by atoms with Gasteiger partial charge >= 0.3 is 0 Å². The first-order valence-corrected chi connectivity index (χ1v) is 10.3. The molecule has 4 heteroatoms. The molecular weight excluding hydrogens is 400 g/mol. The first kappa shape index (κ1) is 21.3. The highest BCUT2D eigenvalue weighted by molar-refractivity contribution is 5.97. The van der Waals surface area contributed by atoms with E-state index >= 15 is 0 Å². The molecule has 4 rings (SSSR count). The molecule has 4 aromatic rings. The fourth-order valence-electron chi connectivity index (χ4n) is 3.87. The van der Waals surface area contributed by atoms with Gasteiger partial charge in [0.25, 0.3) is 0 Å². The molecule has 0 N–H and O–H groups in total. The lowest BCUT2D eigenvalue weighted by Crippen LogP contribution is -1.96. The normalized spacial score (nSPS) is 10.5. The molecule has 0 aromatic heterocycles. The van der Waals surface area contributed by atoms with Crippen LogP contribution >= 0.6 is 0 Å². The predicted octanol–water partition coefficient (Wildman–Crippen LogP) is 6.72. The maximum Gasteiger partial charge on any atom is 0.127 e. The lowest BCUT2D eigenvalue weighted by atomic mass is 9.87. The second-order valence-corrected chi connectivity index (χ2v) is 7.25. The van der Waals surface area contributed by atoms with Crippen LogP contribution in [0.15, 0.2) is 84.9 Å². The van der Waals surface area contributed by atoms with E-state index in [0.717, 1.165) is 56.4 Å². The molecule has 0 saturated carbocycles. The molecule has 0 amide bonds. The van der Waals surface area contributed by atoms with Crippen LogP contribution in [0.5, 0.6) is 23.0 Å². The van der Waals surface area contributed by atoms with Crippen LogP contribution in [0.1, 0.15) is 0 Å². The second-order valence-electron chi connectivity index (χ2n) is 7.25. The average Bonchev–Trinajstić information content (AvgIpc) is 2.88. The molecular formula is C28H26O4. The van der Waals surface area contributed by atoms with Crippen LogP contribution in [-0.4, -0.2) is 28.4 Å². The van der Waals surface area contributed by atoms with Crippen molar-refractivity contribution in [2.75, 3.05) is 28.4 Å². The monoisotopic (exact) mass is 426 g/mol. The highest BCUT2D eigenvalue weighted by Crippen LogP contribution is 2.46. The number of hydrogen-bond donors (Lipinski definition) is 0. The van der Waals surface area contributed by atoms with E-state index in [1.165, 1.54) is 0 Å².